The molecule has 0 saturated carbocycles. The van der Waals surface area contributed by atoms with Crippen molar-refractivity contribution in [3.63, 3.8) is 0 Å². The zero-order chi connectivity index (χ0) is 7.98. The third-order valence-electron chi connectivity index (χ3n) is 0.941. The molecule has 10 heavy (non-hydrogen) atoms. The summed E-state index contributed by atoms with van der Waals surface area (Å²) in [5.41, 5.74) is 0. The van der Waals surface area contributed by atoms with E-state index in [-0.39, 0.29) is 10.6 Å². The molecule has 0 spiro atoms. The summed E-state index contributed by atoms with van der Waals surface area (Å²) in [6.45, 7) is 5.92. The van der Waals surface area contributed by atoms with E-state index in [2.05, 4.69) is 22.5 Å². The molecule has 0 saturated heterocycles. The number of hydrogen-bond acceptors (Lipinski definition) is 2. The lowest BCUT2D eigenvalue weighted by atomic mass is 10.3. The van der Waals surface area contributed by atoms with Crippen molar-refractivity contribution in [1.29, 1.82) is 0 Å². The van der Waals surface area contributed by atoms with Gasteiger partial charge in [0.15, 0.2) is 0 Å². The number of carbonyl (C=O) groups excluding carboxylic acids is 1. The molecule has 1 atom stereocenters. The van der Waals surface area contributed by atoms with Crippen LogP contribution in [-0.2, 0) is 9.53 Å². The van der Waals surface area contributed by atoms with Gasteiger partial charge >= 0.3 is 0 Å². The lowest BCUT2D eigenvalue weighted by molar-refractivity contribution is -0.117. The summed E-state index contributed by atoms with van der Waals surface area (Å²) in [5.74, 6) is 0.0871. The minimum absolute atomic E-state index is 0.0871. The highest BCUT2D eigenvalue weighted by atomic mass is 79.9. The molecule has 1 unspecified atom stereocenters. The van der Waals surface area contributed by atoms with E-state index in [1.54, 1.807) is 6.08 Å². The number of halogens is 1. The summed E-state index contributed by atoms with van der Waals surface area (Å²) < 4.78 is 5.02. The van der Waals surface area contributed by atoms with Crippen LogP contribution < -0.4 is 0 Å². The van der Waals surface area contributed by atoms with Crippen LogP contribution in [0.15, 0.2) is 12.7 Å². The molecule has 0 aliphatic carbocycles. The molecule has 2 nitrogen and oxygen atoms in total. The molecule has 0 aromatic carbocycles. The molecule has 0 heterocycles. The van der Waals surface area contributed by atoms with Crippen LogP contribution in [-0.4, -0.2) is 23.8 Å². The second-order valence-corrected chi connectivity index (χ2v) is 3.01. The maximum absolute atomic E-state index is 10.6. The Morgan fingerprint density at radius 1 is 1.90 bits per heavy atom. The highest BCUT2D eigenvalue weighted by molar-refractivity contribution is 9.10. The Bertz CT molecular complexity index is 123. The van der Waals surface area contributed by atoms with Crippen molar-refractivity contribution in [3.05, 3.63) is 12.7 Å². The summed E-state index contributed by atoms with van der Waals surface area (Å²) in [7, 11) is 0. The zero-order valence-corrected chi connectivity index (χ0v) is 7.56. The Hall–Kier alpha value is -0.150. The molecular weight excluding hydrogens is 196 g/mol. The van der Waals surface area contributed by atoms with Crippen LogP contribution in [0.2, 0.25) is 0 Å². The van der Waals surface area contributed by atoms with Gasteiger partial charge in [-0.25, -0.2) is 0 Å². The Kier molecular flexibility index (Phi) is 5.54. The average Bonchev–Trinajstić information content (AvgIpc) is 1.88. The van der Waals surface area contributed by atoms with Crippen LogP contribution in [0.4, 0.5) is 0 Å². The van der Waals surface area contributed by atoms with Crippen LogP contribution >= 0.6 is 15.9 Å². The summed E-state index contributed by atoms with van der Waals surface area (Å²) in [4.78, 5) is 10.4. The highest BCUT2D eigenvalue weighted by Crippen LogP contribution is 2.00. The fourth-order valence-electron chi connectivity index (χ4n) is 0.372. The lowest BCUT2D eigenvalue weighted by Gasteiger charge is -2.03. The summed E-state index contributed by atoms with van der Waals surface area (Å²) in [5, 5.41) is 0. The van der Waals surface area contributed by atoms with E-state index < -0.39 is 0 Å². The van der Waals surface area contributed by atoms with Gasteiger partial charge in [0.25, 0.3) is 0 Å². The molecule has 0 amide bonds. The molecule has 0 aromatic rings. The highest BCUT2D eigenvalue weighted by Gasteiger charge is 2.07. The number of alkyl halides is 1. The van der Waals surface area contributed by atoms with Gasteiger partial charge in [0, 0.05) is 0 Å². The third kappa shape index (κ3) is 4.70. The van der Waals surface area contributed by atoms with Gasteiger partial charge < -0.3 is 4.74 Å². The Balaban J connectivity index is 3.30. The number of ether oxygens (including phenoxy) is 1. The molecule has 3 heteroatoms. The van der Waals surface area contributed by atoms with Crippen molar-refractivity contribution in [1.82, 2.24) is 0 Å². The monoisotopic (exact) mass is 206 g/mol. The predicted molar refractivity (Wildman–Crippen MR) is 44.4 cm³/mol. The average molecular weight is 207 g/mol. The second-order valence-electron chi connectivity index (χ2n) is 1.90. The van der Waals surface area contributed by atoms with E-state index >= 15 is 0 Å². The van der Waals surface area contributed by atoms with Gasteiger partial charge in [-0.2, -0.15) is 0 Å². The SMILES string of the molecule is C=CCOCC(Br)C(C)=O. The zero-order valence-electron chi connectivity index (χ0n) is 5.97. The normalized spacial score (nSPS) is 12.6. The molecule has 0 aromatic heterocycles. The molecule has 0 aliphatic heterocycles. The first-order valence-corrected chi connectivity index (χ1v) is 3.93. The van der Waals surface area contributed by atoms with Gasteiger partial charge in [-0.15, -0.1) is 6.58 Å². The van der Waals surface area contributed by atoms with Gasteiger partial charge in [0.2, 0.25) is 0 Å². The largest absolute Gasteiger partial charge is 0.376 e. The Labute approximate surface area is 69.4 Å². The van der Waals surface area contributed by atoms with Crippen LogP contribution in [0.5, 0.6) is 0 Å². The van der Waals surface area contributed by atoms with Gasteiger partial charge in [0.05, 0.1) is 18.0 Å². The van der Waals surface area contributed by atoms with Crippen molar-refractivity contribution in [2.45, 2.75) is 11.8 Å². The van der Waals surface area contributed by atoms with E-state index in [4.69, 9.17) is 4.74 Å². The van der Waals surface area contributed by atoms with E-state index in [1.807, 2.05) is 0 Å². The van der Waals surface area contributed by atoms with Crippen molar-refractivity contribution < 1.29 is 9.53 Å². The van der Waals surface area contributed by atoms with Gasteiger partial charge in [-0.05, 0) is 6.92 Å². The summed E-state index contributed by atoms with van der Waals surface area (Å²) >= 11 is 3.16. The molecule has 0 radical (unpaired) electrons. The Morgan fingerprint density at radius 2 is 2.50 bits per heavy atom. The predicted octanol–water partition coefficient (Wildman–Crippen LogP) is 1.54. The van der Waals surface area contributed by atoms with Crippen LogP contribution in [0, 0.1) is 0 Å². The van der Waals surface area contributed by atoms with E-state index in [0.29, 0.717) is 13.2 Å². The van der Waals surface area contributed by atoms with E-state index in [1.165, 1.54) is 6.92 Å². The molecular formula is C7H11BrO2. The van der Waals surface area contributed by atoms with Gasteiger partial charge in [-0.1, -0.05) is 22.0 Å². The van der Waals surface area contributed by atoms with Gasteiger partial charge in [0.1, 0.15) is 5.78 Å². The summed E-state index contributed by atoms with van der Waals surface area (Å²) in [6.07, 6.45) is 1.65. The number of rotatable bonds is 5. The third-order valence-corrected chi connectivity index (χ3v) is 1.85. The maximum atomic E-state index is 10.6. The fraction of sp³-hybridized carbons (Fsp3) is 0.571. The fourth-order valence-corrected chi connectivity index (χ4v) is 0.559. The number of hydrogen-bond donors (Lipinski definition) is 0. The lowest BCUT2D eigenvalue weighted by Crippen LogP contribution is -2.16. The molecule has 58 valence electrons. The number of Topliss-reactive ketones (excluding diaryl/α,β-unsaturated/α-hetero) is 1. The van der Waals surface area contributed by atoms with Crippen LogP contribution in [0.3, 0.4) is 0 Å². The van der Waals surface area contributed by atoms with E-state index in [0.717, 1.165) is 0 Å². The molecule has 0 rings (SSSR count). The molecule has 0 aliphatic rings. The number of ketones is 1. The minimum Gasteiger partial charge on any atom is -0.376 e. The van der Waals surface area contributed by atoms with Crippen LogP contribution in [0.25, 0.3) is 0 Å². The van der Waals surface area contributed by atoms with E-state index in [9.17, 15) is 4.79 Å². The molecule has 0 N–H and O–H groups in total. The van der Waals surface area contributed by atoms with Crippen molar-refractivity contribution in [3.8, 4) is 0 Å². The first-order valence-electron chi connectivity index (χ1n) is 3.01. The van der Waals surface area contributed by atoms with Crippen molar-refractivity contribution in [2.75, 3.05) is 13.2 Å². The quantitative estimate of drug-likeness (QED) is 0.388. The first-order chi connectivity index (χ1) is 4.68. The molecule has 0 fully saturated rings. The molecule has 0 bridgehead atoms. The second kappa shape index (κ2) is 5.62. The summed E-state index contributed by atoms with van der Waals surface area (Å²) in [6, 6.07) is 0. The smallest absolute Gasteiger partial charge is 0.145 e. The first kappa shape index (κ1) is 9.85. The maximum Gasteiger partial charge on any atom is 0.145 e. The van der Waals surface area contributed by atoms with Crippen molar-refractivity contribution in [2.24, 2.45) is 0 Å². The van der Waals surface area contributed by atoms with Crippen molar-refractivity contribution >= 4 is 21.7 Å². The Morgan fingerprint density at radius 3 is 2.90 bits per heavy atom. The standard InChI is InChI=1S/C7H11BrO2/c1-3-4-10-5-7(8)6(2)9/h3,7H,1,4-5H2,2H3. The van der Waals surface area contributed by atoms with Gasteiger partial charge in [-0.3, -0.25) is 4.79 Å². The topological polar surface area (TPSA) is 26.3 Å². The van der Waals surface area contributed by atoms with Crippen LogP contribution in [0.1, 0.15) is 6.92 Å². The number of carbonyl (C=O) groups is 1. The minimum atomic E-state index is -0.174.